The standard InChI is InChI=1S/C22H22ClNO5/c23-18-3-1-2-15(10-18)19-13-29-20-11-16(22(26)27)4-5-17(20)12-24(19)21(25)14-6-8-28-9-7-14/h1-5,10-11,14,19H,6-9,12-13H2,(H,26,27). The Morgan fingerprint density at radius 3 is 2.62 bits per heavy atom. The van der Waals surface area contributed by atoms with E-state index < -0.39 is 5.97 Å². The number of rotatable bonds is 3. The molecule has 4 rings (SSSR count). The Morgan fingerprint density at radius 2 is 1.90 bits per heavy atom. The van der Waals surface area contributed by atoms with E-state index in [0.29, 0.717) is 43.4 Å². The zero-order valence-corrected chi connectivity index (χ0v) is 16.6. The quantitative estimate of drug-likeness (QED) is 0.822. The van der Waals surface area contributed by atoms with Gasteiger partial charge in [0.05, 0.1) is 18.2 Å². The molecule has 0 spiro atoms. The molecule has 1 amide bonds. The average molecular weight is 416 g/mol. The Labute approximate surface area is 174 Å². The van der Waals surface area contributed by atoms with Crippen LogP contribution in [0.2, 0.25) is 5.02 Å². The lowest BCUT2D eigenvalue weighted by atomic mass is 9.96. The van der Waals surface area contributed by atoms with Gasteiger partial charge in [-0.3, -0.25) is 4.79 Å². The summed E-state index contributed by atoms with van der Waals surface area (Å²) in [6.45, 7) is 1.75. The highest BCUT2D eigenvalue weighted by atomic mass is 35.5. The van der Waals surface area contributed by atoms with Crippen LogP contribution in [-0.2, 0) is 16.1 Å². The molecule has 29 heavy (non-hydrogen) atoms. The molecule has 2 aliphatic heterocycles. The molecular formula is C22H22ClNO5. The van der Waals surface area contributed by atoms with E-state index in [4.69, 9.17) is 21.1 Å². The van der Waals surface area contributed by atoms with Crippen molar-refractivity contribution in [3.63, 3.8) is 0 Å². The molecule has 1 saturated heterocycles. The highest BCUT2D eigenvalue weighted by Gasteiger charge is 2.34. The lowest BCUT2D eigenvalue weighted by molar-refractivity contribution is -0.142. The van der Waals surface area contributed by atoms with Crippen LogP contribution in [0.3, 0.4) is 0 Å². The van der Waals surface area contributed by atoms with E-state index in [9.17, 15) is 14.7 Å². The van der Waals surface area contributed by atoms with Crippen LogP contribution in [0.4, 0.5) is 0 Å². The number of carboxylic acid groups (broad SMARTS) is 1. The molecule has 2 aliphatic rings. The maximum atomic E-state index is 13.4. The predicted octanol–water partition coefficient (Wildman–Crippen LogP) is 3.93. The fourth-order valence-corrected chi connectivity index (χ4v) is 4.10. The van der Waals surface area contributed by atoms with Gasteiger partial charge in [0, 0.05) is 29.7 Å². The molecule has 0 radical (unpaired) electrons. The smallest absolute Gasteiger partial charge is 0.335 e. The lowest BCUT2D eigenvalue weighted by Crippen LogP contribution is -2.41. The summed E-state index contributed by atoms with van der Waals surface area (Å²) in [6, 6.07) is 11.9. The van der Waals surface area contributed by atoms with Crippen LogP contribution in [0.1, 0.15) is 40.4 Å². The van der Waals surface area contributed by atoms with E-state index in [-0.39, 0.29) is 30.0 Å². The number of ether oxygens (including phenoxy) is 2. The zero-order valence-electron chi connectivity index (χ0n) is 15.8. The second-order valence-electron chi connectivity index (χ2n) is 7.36. The molecule has 1 fully saturated rings. The molecule has 6 nitrogen and oxygen atoms in total. The first-order chi connectivity index (χ1) is 14.0. The first-order valence-corrected chi connectivity index (χ1v) is 10.0. The molecule has 0 aromatic heterocycles. The minimum atomic E-state index is -1.01. The Hall–Kier alpha value is -2.57. The van der Waals surface area contributed by atoms with Crippen molar-refractivity contribution in [3.05, 3.63) is 64.2 Å². The van der Waals surface area contributed by atoms with Gasteiger partial charge < -0.3 is 19.5 Å². The predicted molar refractivity (Wildman–Crippen MR) is 107 cm³/mol. The fourth-order valence-electron chi connectivity index (χ4n) is 3.91. The summed E-state index contributed by atoms with van der Waals surface area (Å²) in [6.07, 6.45) is 1.40. The van der Waals surface area contributed by atoms with E-state index in [1.54, 1.807) is 18.2 Å². The number of nitrogens with zero attached hydrogens (tertiary/aromatic N) is 1. The number of benzene rings is 2. The minimum absolute atomic E-state index is 0.0667. The van der Waals surface area contributed by atoms with Crippen molar-refractivity contribution in [1.82, 2.24) is 4.90 Å². The van der Waals surface area contributed by atoms with Crippen molar-refractivity contribution < 1.29 is 24.2 Å². The van der Waals surface area contributed by atoms with Gasteiger partial charge in [0.1, 0.15) is 12.4 Å². The molecule has 2 aromatic carbocycles. The summed E-state index contributed by atoms with van der Waals surface area (Å²) >= 11 is 6.20. The maximum absolute atomic E-state index is 13.4. The number of carbonyl (C=O) groups excluding carboxylic acids is 1. The van der Waals surface area contributed by atoms with Gasteiger partial charge in [0.25, 0.3) is 0 Å². The van der Waals surface area contributed by atoms with Gasteiger partial charge >= 0.3 is 5.97 Å². The summed E-state index contributed by atoms with van der Waals surface area (Å²) in [7, 11) is 0. The van der Waals surface area contributed by atoms with E-state index in [1.807, 2.05) is 23.1 Å². The molecule has 2 aromatic rings. The summed E-state index contributed by atoms with van der Waals surface area (Å²) < 4.78 is 11.4. The van der Waals surface area contributed by atoms with Crippen molar-refractivity contribution in [2.24, 2.45) is 5.92 Å². The SMILES string of the molecule is O=C(O)c1ccc2c(c1)OCC(c1cccc(Cl)c1)N(C(=O)C1CCOCC1)C2. The Bertz CT molecular complexity index is 925. The molecule has 0 aliphatic carbocycles. The average Bonchev–Trinajstić information content (AvgIpc) is 2.93. The van der Waals surface area contributed by atoms with Gasteiger partial charge in [-0.1, -0.05) is 29.8 Å². The topological polar surface area (TPSA) is 76.1 Å². The third kappa shape index (κ3) is 4.23. The van der Waals surface area contributed by atoms with Crippen molar-refractivity contribution in [2.45, 2.75) is 25.4 Å². The van der Waals surface area contributed by atoms with E-state index in [0.717, 1.165) is 11.1 Å². The zero-order chi connectivity index (χ0) is 20.4. The van der Waals surface area contributed by atoms with Crippen LogP contribution in [-0.4, -0.2) is 41.7 Å². The van der Waals surface area contributed by atoms with Crippen LogP contribution in [0.25, 0.3) is 0 Å². The van der Waals surface area contributed by atoms with Crippen molar-refractivity contribution >= 4 is 23.5 Å². The second kappa shape index (κ2) is 8.43. The number of fused-ring (bicyclic) bond motifs is 1. The number of halogens is 1. The third-order valence-corrected chi connectivity index (χ3v) is 5.75. The van der Waals surface area contributed by atoms with Crippen LogP contribution in [0.5, 0.6) is 5.75 Å². The largest absolute Gasteiger partial charge is 0.491 e. The molecular weight excluding hydrogens is 394 g/mol. The summed E-state index contributed by atoms with van der Waals surface area (Å²) in [5.74, 6) is -0.538. The van der Waals surface area contributed by atoms with Gasteiger partial charge in [0.2, 0.25) is 5.91 Å². The van der Waals surface area contributed by atoms with Gasteiger partial charge in [-0.25, -0.2) is 4.79 Å². The van der Waals surface area contributed by atoms with E-state index >= 15 is 0 Å². The highest BCUT2D eigenvalue weighted by Crippen LogP contribution is 2.35. The fraction of sp³-hybridized carbons (Fsp3) is 0.364. The van der Waals surface area contributed by atoms with Crippen LogP contribution in [0.15, 0.2) is 42.5 Å². The van der Waals surface area contributed by atoms with Gasteiger partial charge in [-0.2, -0.15) is 0 Å². The molecule has 7 heteroatoms. The van der Waals surface area contributed by atoms with Crippen LogP contribution >= 0.6 is 11.6 Å². The van der Waals surface area contributed by atoms with Crippen LogP contribution < -0.4 is 4.74 Å². The first-order valence-electron chi connectivity index (χ1n) is 9.65. The van der Waals surface area contributed by atoms with E-state index in [1.165, 1.54) is 6.07 Å². The Morgan fingerprint density at radius 1 is 1.10 bits per heavy atom. The number of amides is 1. The molecule has 1 unspecified atom stereocenters. The summed E-state index contributed by atoms with van der Waals surface area (Å²) in [4.78, 5) is 26.6. The highest BCUT2D eigenvalue weighted by molar-refractivity contribution is 6.30. The van der Waals surface area contributed by atoms with Crippen LogP contribution in [0, 0.1) is 5.92 Å². The van der Waals surface area contributed by atoms with Crippen molar-refractivity contribution in [1.29, 1.82) is 0 Å². The normalized spacial score (nSPS) is 19.8. The molecule has 2 heterocycles. The van der Waals surface area contributed by atoms with Crippen molar-refractivity contribution in [2.75, 3.05) is 19.8 Å². The van der Waals surface area contributed by atoms with Gasteiger partial charge in [-0.05, 0) is 42.7 Å². The third-order valence-electron chi connectivity index (χ3n) is 5.51. The Kier molecular flexibility index (Phi) is 5.74. The summed E-state index contributed by atoms with van der Waals surface area (Å²) in [5, 5.41) is 9.87. The molecule has 0 saturated carbocycles. The minimum Gasteiger partial charge on any atom is -0.491 e. The number of aromatic carboxylic acids is 1. The molecule has 152 valence electrons. The molecule has 1 N–H and O–H groups in total. The number of carboxylic acids is 1. The monoisotopic (exact) mass is 415 g/mol. The number of carbonyl (C=O) groups is 2. The molecule has 0 bridgehead atoms. The number of hydrogen-bond acceptors (Lipinski definition) is 4. The molecule has 1 atom stereocenters. The number of hydrogen-bond donors (Lipinski definition) is 1. The van der Waals surface area contributed by atoms with Gasteiger partial charge in [-0.15, -0.1) is 0 Å². The first kappa shape index (κ1) is 19.7. The van der Waals surface area contributed by atoms with E-state index in [2.05, 4.69) is 0 Å². The maximum Gasteiger partial charge on any atom is 0.335 e. The summed E-state index contributed by atoms with van der Waals surface area (Å²) in [5.41, 5.74) is 1.84. The lowest BCUT2D eigenvalue weighted by Gasteiger charge is -2.34. The van der Waals surface area contributed by atoms with Crippen molar-refractivity contribution in [3.8, 4) is 5.75 Å². The Balaban J connectivity index is 1.71. The second-order valence-corrected chi connectivity index (χ2v) is 7.80. The van der Waals surface area contributed by atoms with Gasteiger partial charge in [0.15, 0.2) is 0 Å².